The van der Waals surface area contributed by atoms with Gasteiger partial charge in [0.1, 0.15) is 5.75 Å². The molecule has 5 heteroatoms. The highest BCUT2D eigenvalue weighted by atomic mass is 35.5. The average Bonchev–Trinajstić information content (AvgIpc) is 3.00. The van der Waals surface area contributed by atoms with E-state index in [0.29, 0.717) is 16.3 Å². The SMILES string of the molecule is CCC(NC(=O)c1cc(Cl)c(C)cc1OC)c1ccc[nH]1. The Morgan fingerprint density at radius 3 is 2.81 bits per heavy atom. The predicted molar refractivity (Wildman–Crippen MR) is 84.0 cm³/mol. The van der Waals surface area contributed by atoms with Gasteiger partial charge in [-0.3, -0.25) is 4.79 Å². The standard InChI is InChI=1S/C16H19ClN2O2/c1-4-13(14-6-5-7-18-14)19-16(20)11-9-12(17)10(2)8-15(11)21-3/h5-9,13,18H,4H2,1-3H3,(H,19,20). The van der Waals surface area contributed by atoms with Crippen molar-refractivity contribution in [2.45, 2.75) is 26.3 Å². The second-order valence-electron chi connectivity index (χ2n) is 4.86. The Labute approximate surface area is 129 Å². The summed E-state index contributed by atoms with van der Waals surface area (Å²) in [6.07, 6.45) is 2.63. The number of aromatic amines is 1. The fourth-order valence-electron chi connectivity index (χ4n) is 2.20. The van der Waals surface area contributed by atoms with Crippen molar-refractivity contribution in [3.8, 4) is 5.75 Å². The van der Waals surface area contributed by atoms with Crippen molar-refractivity contribution in [3.63, 3.8) is 0 Å². The molecule has 0 aliphatic carbocycles. The molecule has 1 amide bonds. The van der Waals surface area contributed by atoms with E-state index in [9.17, 15) is 4.79 Å². The maximum absolute atomic E-state index is 12.5. The third-order valence-electron chi connectivity index (χ3n) is 3.44. The van der Waals surface area contributed by atoms with Gasteiger partial charge in [0.05, 0.1) is 18.7 Å². The molecule has 1 aromatic heterocycles. The summed E-state index contributed by atoms with van der Waals surface area (Å²) in [6.45, 7) is 3.89. The fraction of sp³-hybridized carbons (Fsp3) is 0.312. The summed E-state index contributed by atoms with van der Waals surface area (Å²) in [6, 6.07) is 7.21. The molecule has 1 unspecified atom stereocenters. The van der Waals surface area contributed by atoms with Crippen molar-refractivity contribution in [1.82, 2.24) is 10.3 Å². The number of carbonyl (C=O) groups excluding carboxylic acids is 1. The van der Waals surface area contributed by atoms with Gasteiger partial charge in [0.15, 0.2) is 0 Å². The average molecular weight is 307 g/mol. The molecule has 1 atom stereocenters. The van der Waals surface area contributed by atoms with E-state index >= 15 is 0 Å². The lowest BCUT2D eigenvalue weighted by Gasteiger charge is -2.17. The molecular weight excluding hydrogens is 288 g/mol. The van der Waals surface area contributed by atoms with Gasteiger partial charge in [0, 0.05) is 16.9 Å². The van der Waals surface area contributed by atoms with Gasteiger partial charge in [0.25, 0.3) is 5.91 Å². The molecule has 0 saturated heterocycles. The van der Waals surface area contributed by atoms with Crippen LogP contribution in [0.15, 0.2) is 30.5 Å². The predicted octanol–water partition coefficient (Wildman–Crippen LogP) is 3.87. The largest absolute Gasteiger partial charge is 0.496 e. The van der Waals surface area contributed by atoms with Crippen molar-refractivity contribution in [2.75, 3.05) is 7.11 Å². The number of aryl methyl sites for hydroxylation is 1. The number of amides is 1. The van der Waals surface area contributed by atoms with Crippen LogP contribution >= 0.6 is 11.6 Å². The molecule has 1 aromatic carbocycles. The molecular formula is C16H19ClN2O2. The summed E-state index contributed by atoms with van der Waals surface area (Å²) >= 11 is 6.12. The first-order valence-corrected chi connectivity index (χ1v) is 7.22. The topological polar surface area (TPSA) is 54.1 Å². The van der Waals surface area contributed by atoms with Crippen molar-refractivity contribution in [3.05, 3.63) is 52.3 Å². The lowest BCUT2D eigenvalue weighted by atomic mass is 10.1. The molecule has 21 heavy (non-hydrogen) atoms. The van der Waals surface area contributed by atoms with Gasteiger partial charge in [-0.05, 0) is 43.2 Å². The smallest absolute Gasteiger partial charge is 0.255 e. The third kappa shape index (κ3) is 3.39. The Hall–Kier alpha value is -1.94. The van der Waals surface area contributed by atoms with E-state index in [-0.39, 0.29) is 11.9 Å². The number of carbonyl (C=O) groups is 1. The zero-order chi connectivity index (χ0) is 15.4. The minimum Gasteiger partial charge on any atom is -0.496 e. The molecule has 4 nitrogen and oxygen atoms in total. The van der Waals surface area contributed by atoms with Gasteiger partial charge in [-0.25, -0.2) is 0 Å². The van der Waals surface area contributed by atoms with Gasteiger partial charge in [0.2, 0.25) is 0 Å². The zero-order valence-electron chi connectivity index (χ0n) is 12.4. The number of aromatic nitrogens is 1. The molecule has 2 N–H and O–H groups in total. The lowest BCUT2D eigenvalue weighted by molar-refractivity contribution is 0.0931. The summed E-state index contributed by atoms with van der Waals surface area (Å²) in [5, 5.41) is 3.55. The van der Waals surface area contributed by atoms with Crippen molar-refractivity contribution >= 4 is 17.5 Å². The second kappa shape index (κ2) is 6.68. The highest BCUT2D eigenvalue weighted by molar-refractivity contribution is 6.31. The monoisotopic (exact) mass is 306 g/mol. The molecule has 0 spiro atoms. The first kappa shape index (κ1) is 15.4. The van der Waals surface area contributed by atoms with Crippen LogP contribution in [0, 0.1) is 6.92 Å². The molecule has 2 aromatic rings. The summed E-state index contributed by atoms with van der Waals surface area (Å²) in [4.78, 5) is 15.6. The Balaban J connectivity index is 2.25. The molecule has 1 heterocycles. The highest BCUT2D eigenvalue weighted by Gasteiger charge is 2.19. The number of rotatable bonds is 5. The van der Waals surface area contributed by atoms with E-state index in [4.69, 9.17) is 16.3 Å². The van der Waals surface area contributed by atoms with E-state index in [1.165, 1.54) is 0 Å². The van der Waals surface area contributed by atoms with Gasteiger partial charge < -0.3 is 15.0 Å². The van der Waals surface area contributed by atoms with Crippen LogP contribution in [0.25, 0.3) is 0 Å². The van der Waals surface area contributed by atoms with E-state index in [1.54, 1.807) is 19.2 Å². The number of ether oxygens (including phenoxy) is 1. The molecule has 0 fully saturated rings. The number of hydrogen-bond acceptors (Lipinski definition) is 2. The molecule has 0 radical (unpaired) electrons. The maximum atomic E-state index is 12.5. The van der Waals surface area contributed by atoms with Gasteiger partial charge >= 0.3 is 0 Å². The van der Waals surface area contributed by atoms with E-state index in [0.717, 1.165) is 17.7 Å². The Kier molecular flexibility index (Phi) is 4.91. The fourth-order valence-corrected chi connectivity index (χ4v) is 2.36. The number of hydrogen-bond donors (Lipinski definition) is 2. The first-order valence-electron chi connectivity index (χ1n) is 6.85. The number of halogens is 1. The van der Waals surface area contributed by atoms with Crippen LogP contribution < -0.4 is 10.1 Å². The van der Waals surface area contributed by atoms with Crippen LogP contribution in [-0.2, 0) is 0 Å². The molecule has 0 aliphatic rings. The van der Waals surface area contributed by atoms with Crippen LogP contribution in [0.5, 0.6) is 5.75 Å². The Morgan fingerprint density at radius 2 is 2.24 bits per heavy atom. The van der Waals surface area contributed by atoms with Crippen LogP contribution in [0.2, 0.25) is 5.02 Å². The van der Waals surface area contributed by atoms with Gasteiger partial charge in [-0.2, -0.15) is 0 Å². The molecule has 112 valence electrons. The van der Waals surface area contributed by atoms with Crippen LogP contribution in [0.1, 0.15) is 41.0 Å². The number of benzene rings is 1. The van der Waals surface area contributed by atoms with Crippen molar-refractivity contribution in [2.24, 2.45) is 0 Å². The Morgan fingerprint density at radius 1 is 1.48 bits per heavy atom. The number of methoxy groups -OCH3 is 1. The van der Waals surface area contributed by atoms with Crippen LogP contribution in [0.3, 0.4) is 0 Å². The van der Waals surface area contributed by atoms with E-state index in [2.05, 4.69) is 10.3 Å². The maximum Gasteiger partial charge on any atom is 0.255 e. The van der Waals surface area contributed by atoms with Gasteiger partial charge in [-0.15, -0.1) is 0 Å². The molecule has 0 bridgehead atoms. The first-order chi connectivity index (χ1) is 10.1. The highest BCUT2D eigenvalue weighted by Crippen LogP contribution is 2.27. The summed E-state index contributed by atoms with van der Waals surface area (Å²) in [5.41, 5.74) is 2.29. The minimum absolute atomic E-state index is 0.0720. The molecule has 2 rings (SSSR count). The molecule has 0 saturated carbocycles. The third-order valence-corrected chi connectivity index (χ3v) is 3.84. The van der Waals surface area contributed by atoms with Crippen LogP contribution in [-0.4, -0.2) is 18.0 Å². The summed E-state index contributed by atoms with van der Waals surface area (Å²) in [7, 11) is 1.54. The van der Waals surface area contributed by atoms with Gasteiger partial charge in [-0.1, -0.05) is 18.5 Å². The second-order valence-corrected chi connectivity index (χ2v) is 5.27. The van der Waals surface area contributed by atoms with Crippen molar-refractivity contribution < 1.29 is 9.53 Å². The number of H-pyrrole nitrogens is 1. The number of nitrogens with one attached hydrogen (secondary N) is 2. The quantitative estimate of drug-likeness (QED) is 0.881. The van der Waals surface area contributed by atoms with Crippen molar-refractivity contribution in [1.29, 1.82) is 0 Å². The summed E-state index contributed by atoms with van der Waals surface area (Å²) in [5.74, 6) is 0.325. The Bertz CT molecular complexity index is 623. The minimum atomic E-state index is -0.199. The normalized spacial score (nSPS) is 12.0. The summed E-state index contributed by atoms with van der Waals surface area (Å²) < 4.78 is 5.28. The lowest BCUT2D eigenvalue weighted by Crippen LogP contribution is -2.28. The van der Waals surface area contributed by atoms with Crippen LogP contribution in [0.4, 0.5) is 0 Å². The molecule has 0 aliphatic heterocycles. The zero-order valence-corrected chi connectivity index (χ0v) is 13.1. The van der Waals surface area contributed by atoms with E-state index in [1.807, 2.05) is 32.2 Å². The van der Waals surface area contributed by atoms with E-state index < -0.39 is 0 Å².